The van der Waals surface area contributed by atoms with Crippen molar-refractivity contribution in [2.75, 3.05) is 6.61 Å². The first-order valence-corrected chi connectivity index (χ1v) is 5.94. The van der Waals surface area contributed by atoms with Gasteiger partial charge in [0.2, 0.25) is 5.91 Å². The van der Waals surface area contributed by atoms with Crippen molar-refractivity contribution >= 4 is 5.91 Å². The highest BCUT2D eigenvalue weighted by atomic mass is 16.3. The average molecular weight is 213 g/mol. The largest absolute Gasteiger partial charge is 0.396 e. The lowest BCUT2D eigenvalue weighted by molar-refractivity contribution is -0.126. The first-order valence-electron chi connectivity index (χ1n) is 5.94. The van der Waals surface area contributed by atoms with E-state index in [2.05, 4.69) is 12.2 Å². The van der Waals surface area contributed by atoms with Gasteiger partial charge in [0.05, 0.1) is 6.61 Å². The SMILES string of the molecule is CCC(C)C(=O)NC1CCCC1(C)CO. The normalized spacial score (nSPS) is 32.7. The highest BCUT2D eigenvalue weighted by Crippen LogP contribution is 2.37. The lowest BCUT2D eigenvalue weighted by Crippen LogP contribution is -2.46. The summed E-state index contributed by atoms with van der Waals surface area (Å²) >= 11 is 0. The summed E-state index contributed by atoms with van der Waals surface area (Å²) in [5.41, 5.74) is -0.108. The molecule has 0 saturated heterocycles. The Balaban J connectivity index is 2.54. The molecule has 0 aliphatic heterocycles. The van der Waals surface area contributed by atoms with Gasteiger partial charge in [-0.25, -0.2) is 0 Å². The Labute approximate surface area is 92.3 Å². The molecule has 1 rings (SSSR count). The van der Waals surface area contributed by atoms with Gasteiger partial charge in [-0.05, 0) is 19.3 Å². The Bertz CT molecular complexity index is 230. The van der Waals surface area contributed by atoms with E-state index in [0.717, 1.165) is 25.7 Å². The van der Waals surface area contributed by atoms with E-state index in [1.807, 2.05) is 13.8 Å². The molecule has 1 fully saturated rings. The zero-order valence-corrected chi connectivity index (χ0v) is 10.0. The molecule has 1 amide bonds. The molecule has 3 unspecified atom stereocenters. The van der Waals surface area contributed by atoms with E-state index in [-0.39, 0.29) is 29.9 Å². The summed E-state index contributed by atoms with van der Waals surface area (Å²) in [6, 6.07) is 0.156. The third-order valence-electron chi connectivity index (χ3n) is 3.82. The molecule has 0 heterocycles. The van der Waals surface area contributed by atoms with Gasteiger partial charge in [0.1, 0.15) is 0 Å². The van der Waals surface area contributed by atoms with Crippen LogP contribution in [0.1, 0.15) is 46.5 Å². The summed E-state index contributed by atoms with van der Waals surface area (Å²) in [6.45, 7) is 6.19. The molecular weight excluding hydrogens is 190 g/mol. The highest BCUT2D eigenvalue weighted by molar-refractivity contribution is 5.78. The van der Waals surface area contributed by atoms with Crippen LogP contribution in [0.3, 0.4) is 0 Å². The monoisotopic (exact) mass is 213 g/mol. The number of rotatable bonds is 4. The van der Waals surface area contributed by atoms with Crippen molar-refractivity contribution < 1.29 is 9.90 Å². The Hall–Kier alpha value is -0.570. The molecule has 0 radical (unpaired) electrons. The maximum Gasteiger partial charge on any atom is 0.223 e. The van der Waals surface area contributed by atoms with Gasteiger partial charge in [-0.1, -0.05) is 27.2 Å². The lowest BCUT2D eigenvalue weighted by atomic mass is 9.85. The van der Waals surface area contributed by atoms with Crippen LogP contribution in [0.2, 0.25) is 0 Å². The van der Waals surface area contributed by atoms with Crippen LogP contribution >= 0.6 is 0 Å². The fourth-order valence-electron chi connectivity index (χ4n) is 2.17. The van der Waals surface area contributed by atoms with E-state index in [1.54, 1.807) is 0 Å². The van der Waals surface area contributed by atoms with E-state index in [4.69, 9.17) is 0 Å². The van der Waals surface area contributed by atoms with Gasteiger partial charge in [0.15, 0.2) is 0 Å². The van der Waals surface area contributed by atoms with Gasteiger partial charge >= 0.3 is 0 Å². The smallest absolute Gasteiger partial charge is 0.223 e. The van der Waals surface area contributed by atoms with Crippen molar-refractivity contribution in [1.82, 2.24) is 5.32 Å². The van der Waals surface area contributed by atoms with Crippen LogP contribution in [0.4, 0.5) is 0 Å². The molecule has 0 aromatic heterocycles. The second kappa shape index (κ2) is 4.97. The molecule has 0 bridgehead atoms. The lowest BCUT2D eigenvalue weighted by Gasteiger charge is -2.30. The van der Waals surface area contributed by atoms with Crippen LogP contribution in [-0.2, 0) is 4.79 Å². The fraction of sp³-hybridized carbons (Fsp3) is 0.917. The third-order valence-corrected chi connectivity index (χ3v) is 3.82. The topological polar surface area (TPSA) is 49.3 Å². The number of hydrogen-bond acceptors (Lipinski definition) is 2. The Kier molecular flexibility index (Phi) is 4.14. The van der Waals surface area contributed by atoms with Crippen LogP contribution in [0.25, 0.3) is 0 Å². The fourth-order valence-corrected chi connectivity index (χ4v) is 2.17. The first-order chi connectivity index (χ1) is 7.03. The molecule has 0 aromatic carbocycles. The Morgan fingerprint density at radius 2 is 2.33 bits per heavy atom. The molecule has 15 heavy (non-hydrogen) atoms. The summed E-state index contributed by atoms with van der Waals surface area (Å²) < 4.78 is 0. The second-order valence-electron chi connectivity index (χ2n) is 5.07. The second-order valence-corrected chi connectivity index (χ2v) is 5.07. The number of carbonyl (C=O) groups excluding carboxylic acids is 1. The summed E-state index contributed by atoms with van der Waals surface area (Å²) in [4.78, 5) is 11.7. The quantitative estimate of drug-likeness (QED) is 0.746. The summed E-state index contributed by atoms with van der Waals surface area (Å²) in [6.07, 6.45) is 3.98. The number of carbonyl (C=O) groups is 1. The zero-order valence-electron chi connectivity index (χ0n) is 10.0. The molecule has 3 atom stereocenters. The van der Waals surface area contributed by atoms with Crippen LogP contribution < -0.4 is 5.32 Å². The Morgan fingerprint density at radius 1 is 1.67 bits per heavy atom. The van der Waals surface area contributed by atoms with Crippen molar-refractivity contribution in [2.45, 2.75) is 52.5 Å². The third kappa shape index (κ3) is 2.71. The molecule has 2 N–H and O–H groups in total. The zero-order chi connectivity index (χ0) is 11.5. The van der Waals surface area contributed by atoms with Crippen molar-refractivity contribution in [3.63, 3.8) is 0 Å². The van der Waals surface area contributed by atoms with E-state index in [0.29, 0.717) is 0 Å². The van der Waals surface area contributed by atoms with Crippen LogP contribution in [-0.4, -0.2) is 23.7 Å². The van der Waals surface area contributed by atoms with Crippen molar-refractivity contribution in [2.24, 2.45) is 11.3 Å². The standard InChI is InChI=1S/C12H23NO2/c1-4-9(2)11(15)13-10-6-5-7-12(10,3)8-14/h9-10,14H,4-8H2,1-3H3,(H,13,15). The molecule has 1 aliphatic carbocycles. The maximum atomic E-state index is 11.7. The van der Waals surface area contributed by atoms with Gasteiger partial charge in [-0.3, -0.25) is 4.79 Å². The Morgan fingerprint density at radius 3 is 2.87 bits per heavy atom. The van der Waals surface area contributed by atoms with Crippen molar-refractivity contribution in [1.29, 1.82) is 0 Å². The first kappa shape index (κ1) is 12.5. The molecule has 0 aromatic rings. The maximum absolute atomic E-state index is 11.7. The number of aliphatic hydroxyl groups excluding tert-OH is 1. The minimum atomic E-state index is -0.108. The molecule has 3 heteroatoms. The van der Waals surface area contributed by atoms with Crippen molar-refractivity contribution in [3.8, 4) is 0 Å². The predicted molar refractivity (Wildman–Crippen MR) is 60.4 cm³/mol. The molecule has 1 aliphatic rings. The van der Waals surface area contributed by atoms with E-state index in [9.17, 15) is 9.90 Å². The van der Waals surface area contributed by atoms with E-state index >= 15 is 0 Å². The minimum Gasteiger partial charge on any atom is -0.396 e. The van der Waals surface area contributed by atoms with Crippen LogP contribution in [0.15, 0.2) is 0 Å². The van der Waals surface area contributed by atoms with Crippen LogP contribution in [0.5, 0.6) is 0 Å². The highest BCUT2D eigenvalue weighted by Gasteiger charge is 2.39. The predicted octanol–water partition coefficient (Wildman–Crippen LogP) is 1.70. The summed E-state index contributed by atoms with van der Waals surface area (Å²) in [7, 11) is 0. The number of amides is 1. The van der Waals surface area contributed by atoms with Gasteiger partial charge in [0, 0.05) is 17.4 Å². The number of hydrogen-bond donors (Lipinski definition) is 2. The molecule has 1 saturated carbocycles. The minimum absolute atomic E-state index is 0.0774. The van der Waals surface area contributed by atoms with Gasteiger partial charge in [0.25, 0.3) is 0 Å². The van der Waals surface area contributed by atoms with Crippen molar-refractivity contribution in [3.05, 3.63) is 0 Å². The van der Waals surface area contributed by atoms with Gasteiger partial charge in [-0.15, -0.1) is 0 Å². The number of aliphatic hydroxyl groups is 1. The van der Waals surface area contributed by atoms with Crippen LogP contribution in [0, 0.1) is 11.3 Å². The van der Waals surface area contributed by atoms with Gasteiger partial charge in [-0.2, -0.15) is 0 Å². The van der Waals surface area contributed by atoms with E-state index in [1.165, 1.54) is 0 Å². The molecule has 88 valence electrons. The van der Waals surface area contributed by atoms with E-state index < -0.39 is 0 Å². The number of nitrogens with one attached hydrogen (secondary N) is 1. The summed E-state index contributed by atoms with van der Waals surface area (Å²) in [5.74, 6) is 0.206. The van der Waals surface area contributed by atoms with Gasteiger partial charge < -0.3 is 10.4 Å². The summed E-state index contributed by atoms with van der Waals surface area (Å²) in [5, 5.41) is 12.4. The molecule has 0 spiro atoms. The molecular formula is C12H23NO2. The molecule has 3 nitrogen and oxygen atoms in total. The average Bonchev–Trinajstić information content (AvgIpc) is 2.60.